The second kappa shape index (κ2) is 4.96. The molecule has 0 saturated heterocycles. The van der Waals surface area contributed by atoms with Crippen molar-refractivity contribution in [3.63, 3.8) is 0 Å². The van der Waals surface area contributed by atoms with Crippen LogP contribution in [0.1, 0.15) is 10.5 Å². The van der Waals surface area contributed by atoms with E-state index in [0.29, 0.717) is 5.69 Å². The first kappa shape index (κ1) is 13.0. The van der Waals surface area contributed by atoms with Gasteiger partial charge in [0.05, 0.1) is 11.7 Å². The molecule has 2 heterocycles. The summed E-state index contributed by atoms with van der Waals surface area (Å²) in [6.07, 6.45) is 1.70. The normalized spacial score (nSPS) is 11.1. The fourth-order valence-electron chi connectivity index (χ4n) is 2.40. The Balaban J connectivity index is 1.73. The molecule has 108 valence electrons. The fourth-order valence-corrected chi connectivity index (χ4v) is 2.66. The third-order valence-corrected chi connectivity index (χ3v) is 4.00. The molecule has 0 fully saturated rings. The zero-order valence-electron chi connectivity index (χ0n) is 11.2. The van der Waals surface area contributed by atoms with Gasteiger partial charge in [-0.15, -0.1) is 0 Å². The van der Waals surface area contributed by atoms with Crippen molar-refractivity contribution in [2.45, 2.75) is 0 Å². The van der Waals surface area contributed by atoms with E-state index in [2.05, 4.69) is 41.6 Å². The summed E-state index contributed by atoms with van der Waals surface area (Å²) in [7, 11) is 0. The number of amides is 1. The van der Waals surface area contributed by atoms with Crippen LogP contribution in [0.5, 0.6) is 0 Å². The molecule has 0 unspecified atom stereocenters. The highest BCUT2D eigenvalue weighted by Crippen LogP contribution is 2.25. The van der Waals surface area contributed by atoms with E-state index >= 15 is 0 Å². The van der Waals surface area contributed by atoms with Crippen LogP contribution in [0.4, 0.5) is 5.69 Å². The molecule has 4 rings (SSSR count). The maximum Gasteiger partial charge on any atom is 0.274 e. The van der Waals surface area contributed by atoms with Crippen molar-refractivity contribution in [1.29, 1.82) is 0 Å². The molecule has 0 saturated carbocycles. The van der Waals surface area contributed by atoms with Crippen molar-refractivity contribution in [2.24, 2.45) is 0 Å². The lowest BCUT2D eigenvalue weighted by Crippen LogP contribution is -2.12. The number of halogens is 1. The molecule has 2 aromatic heterocycles. The molecule has 2 aromatic carbocycles. The summed E-state index contributed by atoms with van der Waals surface area (Å²) in [5, 5.41) is 18.4. The van der Waals surface area contributed by atoms with Crippen LogP contribution < -0.4 is 5.32 Å². The third-order valence-electron chi connectivity index (χ3n) is 3.47. The lowest BCUT2D eigenvalue weighted by molar-refractivity contribution is 0.102. The predicted octanol–water partition coefficient (Wildman–Crippen LogP) is 3.45. The Kier molecular flexibility index (Phi) is 2.93. The summed E-state index contributed by atoms with van der Waals surface area (Å²) in [4.78, 5) is 12.4. The van der Waals surface area contributed by atoms with Crippen molar-refractivity contribution in [2.75, 3.05) is 5.32 Å². The topological polar surface area (TPSA) is 86.5 Å². The van der Waals surface area contributed by atoms with Gasteiger partial charge in [0.15, 0.2) is 0 Å². The number of fused-ring (bicyclic) bond motifs is 3. The molecule has 0 spiro atoms. The van der Waals surface area contributed by atoms with E-state index in [4.69, 9.17) is 0 Å². The van der Waals surface area contributed by atoms with Gasteiger partial charge in [-0.1, -0.05) is 15.9 Å². The first-order valence-corrected chi connectivity index (χ1v) is 7.39. The lowest BCUT2D eigenvalue weighted by atomic mass is 10.1. The van der Waals surface area contributed by atoms with Crippen molar-refractivity contribution in [1.82, 2.24) is 20.4 Å². The van der Waals surface area contributed by atoms with Crippen LogP contribution in [0, 0.1) is 0 Å². The highest BCUT2D eigenvalue weighted by molar-refractivity contribution is 9.10. The SMILES string of the molecule is O=C(Nc1ccc(Br)cc1)c1[nH]nc2c1ccc1[nH]ncc12. The summed E-state index contributed by atoms with van der Waals surface area (Å²) in [5.74, 6) is -0.229. The number of aromatic amines is 2. The van der Waals surface area contributed by atoms with E-state index < -0.39 is 0 Å². The first-order chi connectivity index (χ1) is 10.7. The van der Waals surface area contributed by atoms with E-state index in [1.54, 1.807) is 6.20 Å². The minimum atomic E-state index is -0.229. The largest absolute Gasteiger partial charge is 0.321 e. The molecular formula is C15H10BrN5O. The molecule has 4 aromatic rings. The van der Waals surface area contributed by atoms with E-state index in [0.717, 1.165) is 32.0 Å². The number of hydrogen-bond donors (Lipinski definition) is 3. The molecule has 7 heteroatoms. The number of carbonyl (C=O) groups is 1. The summed E-state index contributed by atoms with van der Waals surface area (Å²) in [6.45, 7) is 0. The van der Waals surface area contributed by atoms with Gasteiger partial charge in [-0.2, -0.15) is 10.2 Å². The van der Waals surface area contributed by atoms with Gasteiger partial charge in [0, 0.05) is 20.9 Å². The van der Waals surface area contributed by atoms with Crippen molar-refractivity contribution in [3.8, 4) is 0 Å². The van der Waals surface area contributed by atoms with Crippen LogP contribution in [-0.2, 0) is 0 Å². The number of carbonyl (C=O) groups excluding carboxylic acids is 1. The molecule has 3 N–H and O–H groups in total. The Morgan fingerprint density at radius 3 is 2.68 bits per heavy atom. The number of rotatable bonds is 2. The Bertz CT molecular complexity index is 986. The highest BCUT2D eigenvalue weighted by atomic mass is 79.9. The summed E-state index contributed by atoms with van der Waals surface area (Å²) in [5.41, 5.74) is 2.77. The standard InChI is InChI=1S/C15H10BrN5O/c16-8-1-3-9(4-2-8)18-15(22)14-10-5-6-12-11(7-17-19-12)13(10)20-21-14/h1-7H,(H,17,19)(H,18,22)(H,20,21). The minimum absolute atomic E-state index is 0.229. The van der Waals surface area contributed by atoms with Crippen LogP contribution in [-0.4, -0.2) is 26.3 Å². The predicted molar refractivity (Wildman–Crippen MR) is 87.8 cm³/mol. The lowest BCUT2D eigenvalue weighted by Gasteiger charge is -2.04. The van der Waals surface area contributed by atoms with Gasteiger partial charge in [0.2, 0.25) is 0 Å². The van der Waals surface area contributed by atoms with Crippen LogP contribution in [0.25, 0.3) is 21.8 Å². The van der Waals surface area contributed by atoms with Crippen LogP contribution >= 0.6 is 15.9 Å². The van der Waals surface area contributed by atoms with Gasteiger partial charge in [-0.3, -0.25) is 15.0 Å². The zero-order chi connectivity index (χ0) is 15.1. The Hall–Kier alpha value is -2.67. The maximum atomic E-state index is 12.4. The summed E-state index contributed by atoms with van der Waals surface area (Å²) in [6, 6.07) is 11.1. The monoisotopic (exact) mass is 355 g/mol. The van der Waals surface area contributed by atoms with Gasteiger partial charge in [-0.05, 0) is 36.4 Å². The van der Waals surface area contributed by atoms with E-state index in [9.17, 15) is 4.79 Å². The summed E-state index contributed by atoms with van der Waals surface area (Å²) < 4.78 is 0.958. The van der Waals surface area contributed by atoms with Gasteiger partial charge < -0.3 is 5.32 Å². The maximum absolute atomic E-state index is 12.4. The number of hydrogen-bond acceptors (Lipinski definition) is 3. The van der Waals surface area contributed by atoms with Crippen molar-refractivity contribution >= 4 is 49.3 Å². The molecule has 0 bridgehead atoms. The number of benzene rings is 2. The number of H-pyrrole nitrogens is 2. The molecule has 0 aliphatic carbocycles. The quantitative estimate of drug-likeness (QED) is 0.514. The van der Waals surface area contributed by atoms with Gasteiger partial charge >= 0.3 is 0 Å². The second-order valence-corrected chi connectivity index (χ2v) is 5.77. The first-order valence-electron chi connectivity index (χ1n) is 6.59. The molecule has 0 atom stereocenters. The highest BCUT2D eigenvalue weighted by Gasteiger charge is 2.15. The number of aromatic nitrogens is 4. The number of anilines is 1. The van der Waals surface area contributed by atoms with Crippen molar-refractivity contribution < 1.29 is 4.79 Å². The zero-order valence-corrected chi connectivity index (χ0v) is 12.8. The molecule has 0 aliphatic rings. The minimum Gasteiger partial charge on any atom is -0.321 e. The Labute approximate surface area is 133 Å². The average molecular weight is 356 g/mol. The third kappa shape index (κ3) is 2.06. The molecular weight excluding hydrogens is 346 g/mol. The van der Waals surface area contributed by atoms with Crippen molar-refractivity contribution in [3.05, 3.63) is 52.8 Å². The van der Waals surface area contributed by atoms with Gasteiger partial charge in [-0.25, -0.2) is 0 Å². The Morgan fingerprint density at radius 2 is 1.86 bits per heavy atom. The molecule has 1 amide bonds. The smallest absolute Gasteiger partial charge is 0.274 e. The molecule has 0 aliphatic heterocycles. The van der Waals surface area contributed by atoms with Crippen LogP contribution in [0.3, 0.4) is 0 Å². The van der Waals surface area contributed by atoms with E-state index in [1.807, 2.05) is 36.4 Å². The van der Waals surface area contributed by atoms with Gasteiger partial charge in [0.25, 0.3) is 5.91 Å². The number of nitrogens with zero attached hydrogens (tertiary/aromatic N) is 2. The van der Waals surface area contributed by atoms with Crippen LogP contribution in [0.2, 0.25) is 0 Å². The average Bonchev–Trinajstić information content (AvgIpc) is 3.14. The molecule has 22 heavy (non-hydrogen) atoms. The van der Waals surface area contributed by atoms with Gasteiger partial charge in [0.1, 0.15) is 11.2 Å². The van der Waals surface area contributed by atoms with E-state index in [1.165, 1.54) is 0 Å². The second-order valence-electron chi connectivity index (χ2n) is 4.85. The van der Waals surface area contributed by atoms with Crippen LogP contribution in [0.15, 0.2) is 47.1 Å². The Morgan fingerprint density at radius 1 is 1.05 bits per heavy atom. The fraction of sp³-hybridized carbons (Fsp3) is 0. The summed E-state index contributed by atoms with van der Waals surface area (Å²) >= 11 is 3.36. The van der Waals surface area contributed by atoms with E-state index in [-0.39, 0.29) is 5.91 Å². The molecule has 6 nitrogen and oxygen atoms in total. The molecule has 0 radical (unpaired) electrons. The number of nitrogens with one attached hydrogen (secondary N) is 3.